The predicted octanol–water partition coefficient (Wildman–Crippen LogP) is 2.11. The zero-order valence-electron chi connectivity index (χ0n) is 8.50. The van der Waals surface area contributed by atoms with Crippen LogP contribution in [0.2, 0.25) is 0 Å². The molecule has 1 N–H and O–H groups in total. The molecule has 16 heavy (non-hydrogen) atoms. The first kappa shape index (κ1) is 11.9. The highest BCUT2D eigenvalue weighted by molar-refractivity contribution is 5.87. The molecule has 0 aliphatic rings. The zero-order chi connectivity index (χ0) is 12.0. The SMILES string of the molecule is O=C(O)c1ccc(CCC=C[N+](=O)[O-])cc1. The molecule has 1 aromatic rings. The molecule has 0 spiro atoms. The van der Waals surface area contributed by atoms with Gasteiger partial charge in [-0.15, -0.1) is 0 Å². The number of rotatable bonds is 5. The molecule has 84 valence electrons. The Kier molecular flexibility index (Phi) is 4.20. The number of nitrogens with zero attached hydrogens (tertiary/aromatic N) is 1. The third kappa shape index (κ3) is 3.91. The highest BCUT2D eigenvalue weighted by Crippen LogP contribution is 2.07. The predicted molar refractivity (Wildman–Crippen MR) is 57.9 cm³/mol. The fraction of sp³-hybridized carbons (Fsp3) is 0.182. The molecule has 0 aliphatic heterocycles. The molecule has 0 bridgehead atoms. The molecule has 0 heterocycles. The quantitative estimate of drug-likeness (QED) is 0.609. The maximum atomic E-state index is 10.6. The minimum Gasteiger partial charge on any atom is -0.478 e. The van der Waals surface area contributed by atoms with Crippen molar-refractivity contribution in [2.24, 2.45) is 0 Å². The highest BCUT2D eigenvalue weighted by atomic mass is 16.6. The maximum absolute atomic E-state index is 10.6. The molecule has 0 saturated carbocycles. The fourth-order valence-corrected chi connectivity index (χ4v) is 1.22. The molecular formula is C11H11NO4. The Hall–Kier alpha value is -2.17. The summed E-state index contributed by atoms with van der Waals surface area (Å²) in [4.78, 5) is 20.0. The van der Waals surface area contributed by atoms with Gasteiger partial charge in [0.2, 0.25) is 6.20 Å². The van der Waals surface area contributed by atoms with Gasteiger partial charge in [-0.2, -0.15) is 0 Å². The number of aryl methyl sites for hydroxylation is 1. The normalized spacial score (nSPS) is 10.5. The van der Waals surface area contributed by atoms with Crippen molar-refractivity contribution >= 4 is 5.97 Å². The van der Waals surface area contributed by atoms with Crippen molar-refractivity contribution in [3.8, 4) is 0 Å². The second-order valence-electron chi connectivity index (χ2n) is 3.21. The van der Waals surface area contributed by atoms with Gasteiger partial charge in [0.15, 0.2) is 0 Å². The van der Waals surface area contributed by atoms with Crippen molar-refractivity contribution in [3.05, 3.63) is 57.8 Å². The lowest BCUT2D eigenvalue weighted by Crippen LogP contribution is -1.95. The lowest BCUT2D eigenvalue weighted by atomic mass is 10.1. The molecule has 0 saturated heterocycles. The molecule has 0 fully saturated rings. The Bertz CT molecular complexity index is 408. The van der Waals surface area contributed by atoms with E-state index >= 15 is 0 Å². The van der Waals surface area contributed by atoms with E-state index in [0.717, 1.165) is 11.8 Å². The summed E-state index contributed by atoms with van der Waals surface area (Å²) in [5.41, 5.74) is 1.20. The van der Waals surface area contributed by atoms with E-state index in [1.54, 1.807) is 12.1 Å². The van der Waals surface area contributed by atoms with Crippen molar-refractivity contribution in [1.82, 2.24) is 0 Å². The number of carbonyl (C=O) groups is 1. The number of hydrogen-bond acceptors (Lipinski definition) is 3. The van der Waals surface area contributed by atoms with Crippen LogP contribution in [0.1, 0.15) is 22.3 Å². The first-order valence-corrected chi connectivity index (χ1v) is 4.72. The molecule has 0 unspecified atom stereocenters. The van der Waals surface area contributed by atoms with Gasteiger partial charge >= 0.3 is 5.97 Å². The van der Waals surface area contributed by atoms with Gasteiger partial charge < -0.3 is 5.11 Å². The third-order valence-electron chi connectivity index (χ3n) is 2.03. The van der Waals surface area contributed by atoms with Crippen LogP contribution in [0.4, 0.5) is 0 Å². The van der Waals surface area contributed by atoms with Gasteiger partial charge in [0.25, 0.3) is 0 Å². The fourth-order valence-electron chi connectivity index (χ4n) is 1.22. The van der Waals surface area contributed by atoms with Crippen molar-refractivity contribution in [2.75, 3.05) is 0 Å². The van der Waals surface area contributed by atoms with E-state index < -0.39 is 10.9 Å². The van der Waals surface area contributed by atoms with Gasteiger partial charge in [-0.05, 0) is 36.6 Å². The molecule has 5 heteroatoms. The van der Waals surface area contributed by atoms with E-state index in [1.807, 2.05) is 0 Å². The average Bonchev–Trinajstić information content (AvgIpc) is 2.25. The Balaban J connectivity index is 2.49. The summed E-state index contributed by atoms with van der Waals surface area (Å²) in [5, 5.41) is 18.6. The average molecular weight is 221 g/mol. The summed E-state index contributed by atoms with van der Waals surface area (Å²) < 4.78 is 0. The van der Waals surface area contributed by atoms with Gasteiger partial charge in [-0.3, -0.25) is 10.1 Å². The minimum atomic E-state index is -0.959. The topological polar surface area (TPSA) is 80.4 Å². The Labute approximate surface area is 92.2 Å². The van der Waals surface area contributed by atoms with Gasteiger partial charge in [0.05, 0.1) is 10.5 Å². The number of benzene rings is 1. The van der Waals surface area contributed by atoms with Crippen molar-refractivity contribution in [1.29, 1.82) is 0 Å². The molecule has 0 radical (unpaired) electrons. The van der Waals surface area contributed by atoms with Crippen LogP contribution in [0.3, 0.4) is 0 Å². The molecule has 0 atom stereocenters. The van der Waals surface area contributed by atoms with E-state index in [4.69, 9.17) is 5.11 Å². The summed E-state index contributed by atoms with van der Waals surface area (Å²) >= 11 is 0. The van der Waals surface area contributed by atoms with Gasteiger partial charge in [0, 0.05) is 0 Å². The summed E-state index contributed by atoms with van der Waals surface area (Å²) in [6.07, 6.45) is 3.61. The summed E-state index contributed by atoms with van der Waals surface area (Å²) in [7, 11) is 0. The van der Waals surface area contributed by atoms with E-state index in [2.05, 4.69) is 0 Å². The Morgan fingerprint density at radius 3 is 2.50 bits per heavy atom. The van der Waals surface area contributed by atoms with Crippen molar-refractivity contribution < 1.29 is 14.8 Å². The summed E-state index contributed by atoms with van der Waals surface area (Å²) in [6, 6.07) is 6.47. The number of hydrogen-bond donors (Lipinski definition) is 1. The van der Waals surface area contributed by atoms with Crippen LogP contribution in [0.5, 0.6) is 0 Å². The van der Waals surface area contributed by atoms with E-state index in [-0.39, 0.29) is 5.56 Å². The minimum absolute atomic E-state index is 0.240. The van der Waals surface area contributed by atoms with Crippen LogP contribution in [-0.2, 0) is 6.42 Å². The number of aromatic carboxylic acids is 1. The van der Waals surface area contributed by atoms with Crippen LogP contribution in [-0.4, -0.2) is 16.0 Å². The van der Waals surface area contributed by atoms with Crippen LogP contribution in [0.15, 0.2) is 36.5 Å². The second-order valence-corrected chi connectivity index (χ2v) is 3.21. The molecule has 5 nitrogen and oxygen atoms in total. The second kappa shape index (κ2) is 5.65. The molecule has 0 amide bonds. The number of carboxylic acids is 1. The van der Waals surface area contributed by atoms with Crippen LogP contribution in [0.25, 0.3) is 0 Å². The smallest absolute Gasteiger partial charge is 0.335 e. The zero-order valence-corrected chi connectivity index (χ0v) is 8.50. The van der Waals surface area contributed by atoms with E-state index in [9.17, 15) is 14.9 Å². The lowest BCUT2D eigenvalue weighted by molar-refractivity contribution is -0.402. The Morgan fingerprint density at radius 1 is 1.38 bits per heavy atom. The maximum Gasteiger partial charge on any atom is 0.335 e. The third-order valence-corrected chi connectivity index (χ3v) is 2.03. The van der Waals surface area contributed by atoms with Crippen LogP contribution in [0, 0.1) is 10.1 Å². The van der Waals surface area contributed by atoms with Gasteiger partial charge in [-0.1, -0.05) is 12.1 Å². The number of carboxylic acid groups (broad SMARTS) is 1. The Morgan fingerprint density at radius 2 is 2.00 bits per heavy atom. The van der Waals surface area contributed by atoms with Crippen LogP contribution < -0.4 is 0 Å². The molecule has 1 rings (SSSR count). The summed E-state index contributed by atoms with van der Waals surface area (Å²) in [5.74, 6) is -0.959. The summed E-state index contributed by atoms with van der Waals surface area (Å²) in [6.45, 7) is 0. The first-order chi connectivity index (χ1) is 7.59. The van der Waals surface area contributed by atoms with E-state index in [0.29, 0.717) is 12.8 Å². The molecule has 0 aromatic heterocycles. The molecular weight excluding hydrogens is 210 g/mol. The van der Waals surface area contributed by atoms with Crippen molar-refractivity contribution in [3.63, 3.8) is 0 Å². The molecule has 0 aliphatic carbocycles. The largest absolute Gasteiger partial charge is 0.478 e. The number of allylic oxidation sites excluding steroid dienone is 1. The van der Waals surface area contributed by atoms with E-state index in [1.165, 1.54) is 18.2 Å². The molecule has 1 aromatic carbocycles. The van der Waals surface area contributed by atoms with Crippen LogP contribution >= 0.6 is 0 Å². The number of nitro groups is 1. The first-order valence-electron chi connectivity index (χ1n) is 4.72. The van der Waals surface area contributed by atoms with Crippen molar-refractivity contribution in [2.45, 2.75) is 12.8 Å². The highest BCUT2D eigenvalue weighted by Gasteiger charge is 2.00. The lowest BCUT2D eigenvalue weighted by Gasteiger charge is -1.98. The standard InChI is InChI=1S/C11H11NO4/c13-11(14)10-6-4-9(5-7-10)3-1-2-8-12(15)16/h2,4-8H,1,3H2,(H,13,14). The van der Waals surface area contributed by atoms with Gasteiger partial charge in [0.1, 0.15) is 0 Å². The monoisotopic (exact) mass is 221 g/mol. The van der Waals surface area contributed by atoms with Gasteiger partial charge in [-0.25, -0.2) is 4.79 Å².